The van der Waals surface area contributed by atoms with Crippen LogP contribution in [-0.4, -0.2) is 77.8 Å². The molecule has 0 N–H and O–H groups in total. The van der Waals surface area contributed by atoms with Crippen LogP contribution < -0.4 is 9.47 Å². The summed E-state index contributed by atoms with van der Waals surface area (Å²) in [5.74, 6) is 2.50. The minimum absolute atomic E-state index is 0.0455. The summed E-state index contributed by atoms with van der Waals surface area (Å²) in [6.45, 7) is 10.9. The van der Waals surface area contributed by atoms with Gasteiger partial charge < -0.3 is 19.1 Å². The number of nitrogens with zero attached hydrogens (tertiary/aromatic N) is 4. The van der Waals surface area contributed by atoms with Crippen LogP contribution >= 0.6 is 0 Å². The zero-order valence-corrected chi connectivity index (χ0v) is 20.5. The maximum Gasteiger partial charge on any atom is 0.257 e. The van der Waals surface area contributed by atoms with Crippen molar-refractivity contribution < 1.29 is 19.0 Å². The zero-order chi connectivity index (χ0) is 23.9. The van der Waals surface area contributed by atoms with Gasteiger partial charge in [-0.15, -0.1) is 0 Å². The number of benzene rings is 1. The van der Waals surface area contributed by atoms with E-state index in [9.17, 15) is 4.79 Å². The number of aromatic nitrogens is 2. The molecular weight excluding hydrogens is 432 g/mol. The summed E-state index contributed by atoms with van der Waals surface area (Å²) in [7, 11) is 0. The van der Waals surface area contributed by atoms with Crippen LogP contribution in [0.5, 0.6) is 11.5 Å². The van der Waals surface area contributed by atoms with Crippen molar-refractivity contribution in [3.8, 4) is 11.5 Å². The molecule has 0 bridgehead atoms. The first-order chi connectivity index (χ1) is 16.6. The normalized spacial score (nSPS) is 19.9. The van der Waals surface area contributed by atoms with Gasteiger partial charge in [-0.25, -0.2) is 9.97 Å². The summed E-state index contributed by atoms with van der Waals surface area (Å²) in [5, 5.41) is 0. The highest BCUT2D eigenvalue weighted by molar-refractivity contribution is 5.93. The first-order valence-corrected chi connectivity index (χ1v) is 12.4. The lowest BCUT2D eigenvalue weighted by Crippen LogP contribution is -2.44. The molecule has 8 heteroatoms. The molecule has 0 aliphatic carbocycles. The second kappa shape index (κ2) is 11.6. The van der Waals surface area contributed by atoms with Gasteiger partial charge >= 0.3 is 0 Å². The van der Waals surface area contributed by atoms with E-state index in [2.05, 4.69) is 20.9 Å². The minimum atomic E-state index is -0.0455. The van der Waals surface area contributed by atoms with Crippen molar-refractivity contribution in [1.82, 2.24) is 19.8 Å². The molecule has 1 saturated heterocycles. The van der Waals surface area contributed by atoms with Gasteiger partial charge in [0, 0.05) is 49.6 Å². The summed E-state index contributed by atoms with van der Waals surface area (Å²) >= 11 is 0. The van der Waals surface area contributed by atoms with Gasteiger partial charge in [-0.1, -0.05) is 26.0 Å². The maximum absolute atomic E-state index is 13.4. The number of carbonyl (C=O) groups excluding carboxylic acids is 1. The van der Waals surface area contributed by atoms with E-state index in [1.54, 1.807) is 12.4 Å². The minimum Gasteiger partial charge on any atom is -0.490 e. The topological polar surface area (TPSA) is 77.0 Å². The first-order valence-electron chi connectivity index (χ1n) is 12.4. The lowest BCUT2D eigenvalue weighted by atomic mass is 10.1. The van der Waals surface area contributed by atoms with E-state index in [0.29, 0.717) is 45.1 Å². The number of hydrogen-bond acceptors (Lipinski definition) is 7. The molecule has 1 aromatic heterocycles. The number of fused-ring (bicyclic) bond motifs is 2. The predicted octanol–water partition coefficient (Wildman–Crippen LogP) is 3.51. The Morgan fingerprint density at radius 1 is 1.18 bits per heavy atom. The van der Waals surface area contributed by atoms with E-state index < -0.39 is 0 Å². The van der Waals surface area contributed by atoms with Crippen molar-refractivity contribution in [3.63, 3.8) is 0 Å². The molecule has 2 aliphatic rings. The molecule has 0 unspecified atom stereocenters. The molecule has 184 valence electrons. The molecule has 1 fully saturated rings. The van der Waals surface area contributed by atoms with E-state index in [0.717, 1.165) is 48.8 Å². The molecule has 2 aliphatic heterocycles. The Morgan fingerprint density at radius 2 is 2.00 bits per heavy atom. The van der Waals surface area contributed by atoms with Crippen LogP contribution in [0.1, 0.15) is 61.3 Å². The number of rotatable bonds is 4. The van der Waals surface area contributed by atoms with E-state index in [1.807, 2.05) is 37.8 Å². The van der Waals surface area contributed by atoms with Crippen LogP contribution in [0.15, 0.2) is 30.6 Å². The fourth-order valence-corrected chi connectivity index (χ4v) is 4.59. The van der Waals surface area contributed by atoms with Crippen molar-refractivity contribution in [2.75, 3.05) is 46.1 Å². The molecule has 0 radical (unpaired) electrons. The Balaban J connectivity index is 1.55. The van der Waals surface area contributed by atoms with E-state index in [-0.39, 0.29) is 17.9 Å². The average Bonchev–Trinajstić information content (AvgIpc) is 3.27. The summed E-state index contributed by atoms with van der Waals surface area (Å²) < 4.78 is 17.8. The summed E-state index contributed by atoms with van der Waals surface area (Å²) in [6, 6.07) is 6.34. The number of carbonyl (C=O) groups is 1. The second-order valence-corrected chi connectivity index (χ2v) is 9.14. The zero-order valence-electron chi connectivity index (χ0n) is 20.5. The first kappa shape index (κ1) is 24.4. The third kappa shape index (κ3) is 5.85. The largest absolute Gasteiger partial charge is 0.490 e. The molecule has 4 rings (SSSR count). The standard InChI is InChI=1S/C26H36N4O4/c1-4-33-23-9-5-7-20-17-29-10-6-8-22(29)18-30(11-12-32-13-14-34-24(20)23)26(31)21-15-27-25(19(2)3)28-16-21/h5,7,9,15-16,19,22H,4,6,8,10-14,17-18H2,1-3H3/t22-/m0/s1. The van der Waals surface area contributed by atoms with Crippen molar-refractivity contribution in [2.24, 2.45) is 0 Å². The van der Waals surface area contributed by atoms with Crippen molar-refractivity contribution in [1.29, 1.82) is 0 Å². The Hall–Kier alpha value is -2.71. The van der Waals surface area contributed by atoms with Crippen LogP contribution in [0.25, 0.3) is 0 Å². The van der Waals surface area contributed by atoms with E-state index in [1.165, 1.54) is 0 Å². The molecule has 3 heterocycles. The van der Waals surface area contributed by atoms with Crippen LogP contribution in [0.2, 0.25) is 0 Å². The SMILES string of the molecule is CCOc1cccc2c1OCCOCCN(C(=O)c1cnc(C(C)C)nc1)C[C@@H]1CCCN1C2. The van der Waals surface area contributed by atoms with Gasteiger partial charge in [0.05, 0.1) is 25.4 Å². The Bertz CT molecular complexity index is 950. The van der Waals surface area contributed by atoms with Crippen LogP contribution in [0, 0.1) is 0 Å². The average molecular weight is 469 g/mol. The quantitative estimate of drug-likeness (QED) is 0.680. The predicted molar refractivity (Wildman–Crippen MR) is 129 cm³/mol. The smallest absolute Gasteiger partial charge is 0.257 e. The van der Waals surface area contributed by atoms with E-state index >= 15 is 0 Å². The molecule has 1 atom stereocenters. The molecule has 2 aromatic rings. The Morgan fingerprint density at radius 3 is 2.76 bits per heavy atom. The summed E-state index contributed by atoms with van der Waals surface area (Å²) in [6.07, 6.45) is 5.46. The molecule has 0 spiro atoms. The van der Waals surface area contributed by atoms with Gasteiger partial charge in [-0.05, 0) is 32.4 Å². The highest BCUT2D eigenvalue weighted by atomic mass is 16.5. The molecule has 0 saturated carbocycles. The van der Waals surface area contributed by atoms with Gasteiger partial charge in [-0.2, -0.15) is 0 Å². The number of amides is 1. The molecule has 1 amide bonds. The second-order valence-electron chi connectivity index (χ2n) is 9.14. The fourth-order valence-electron chi connectivity index (χ4n) is 4.59. The number of hydrogen-bond donors (Lipinski definition) is 0. The lowest BCUT2D eigenvalue weighted by Gasteiger charge is -2.31. The van der Waals surface area contributed by atoms with Gasteiger partial charge in [0.15, 0.2) is 11.5 Å². The third-order valence-corrected chi connectivity index (χ3v) is 6.37. The Labute approximate surface area is 202 Å². The van der Waals surface area contributed by atoms with Crippen LogP contribution in [0.3, 0.4) is 0 Å². The van der Waals surface area contributed by atoms with E-state index in [4.69, 9.17) is 14.2 Å². The lowest BCUT2D eigenvalue weighted by molar-refractivity contribution is 0.0538. The molecule has 34 heavy (non-hydrogen) atoms. The van der Waals surface area contributed by atoms with Gasteiger partial charge in [0.25, 0.3) is 5.91 Å². The summed E-state index contributed by atoms with van der Waals surface area (Å²) in [5.41, 5.74) is 1.63. The monoisotopic (exact) mass is 468 g/mol. The number of para-hydroxylation sites is 1. The van der Waals surface area contributed by atoms with Gasteiger partial charge in [0.2, 0.25) is 0 Å². The van der Waals surface area contributed by atoms with Gasteiger partial charge in [0.1, 0.15) is 12.4 Å². The molecular formula is C26H36N4O4. The Kier molecular flexibility index (Phi) is 8.34. The van der Waals surface area contributed by atoms with Gasteiger partial charge in [-0.3, -0.25) is 9.69 Å². The van der Waals surface area contributed by atoms with Crippen LogP contribution in [0.4, 0.5) is 0 Å². The number of ether oxygens (including phenoxy) is 3. The maximum atomic E-state index is 13.4. The van der Waals surface area contributed by atoms with Crippen molar-refractivity contribution >= 4 is 5.91 Å². The molecule has 1 aromatic carbocycles. The third-order valence-electron chi connectivity index (χ3n) is 6.37. The fraction of sp³-hybridized carbons (Fsp3) is 0.577. The van der Waals surface area contributed by atoms with Crippen LogP contribution in [-0.2, 0) is 11.3 Å². The van der Waals surface area contributed by atoms with Crippen molar-refractivity contribution in [3.05, 3.63) is 47.5 Å². The highest BCUT2D eigenvalue weighted by Crippen LogP contribution is 2.34. The highest BCUT2D eigenvalue weighted by Gasteiger charge is 2.30. The van der Waals surface area contributed by atoms with Crippen molar-refractivity contribution in [2.45, 2.75) is 52.1 Å². The summed E-state index contributed by atoms with van der Waals surface area (Å²) in [4.78, 5) is 26.5. The molecule has 8 nitrogen and oxygen atoms in total.